The van der Waals surface area contributed by atoms with Crippen LogP contribution in [0.5, 0.6) is 0 Å². The molecule has 0 rings (SSSR count). The van der Waals surface area contributed by atoms with E-state index in [1.54, 1.807) is 7.11 Å². The summed E-state index contributed by atoms with van der Waals surface area (Å²) < 4.78 is 4.44. The third kappa shape index (κ3) is 58.0. The maximum Gasteiger partial charge on any atom is 0.231 e. The number of aliphatic hydroxyl groups is 1. The van der Waals surface area contributed by atoms with Crippen molar-refractivity contribution < 1.29 is 14.6 Å². The summed E-state index contributed by atoms with van der Waals surface area (Å²) in [4.78, 5) is 8.35. The van der Waals surface area contributed by atoms with Crippen molar-refractivity contribution in [2.75, 3.05) is 20.3 Å². The quantitative estimate of drug-likeness (QED) is 0.381. The minimum Gasteiger partial charge on any atom is -0.394 e. The summed E-state index contributed by atoms with van der Waals surface area (Å²) in [5, 5.41) is 13.3. The van der Waals surface area contributed by atoms with Gasteiger partial charge in [0, 0.05) is 7.11 Å². The fraction of sp³-hybridized carbons (Fsp3) is 0.750. The molecule has 0 unspecified atom stereocenters. The highest BCUT2D eigenvalue weighted by atomic mass is 16.5. The molecule has 4 heteroatoms. The normalized spacial score (nSPS) is 6.25. The van der Waals surface area contributed by atoms with Crippen LogP contribution in [0.4, 0.5) is 0 Å². The molecule has 0 amide bonds. The highest BCUT2D eigenvalue weighted by molar-refractivity contribution is 5.26. The fourth-order valence-electron chi connectivity index (χ4n) is 0.0913. The van der Waals surface area contributed by atoms with Gasteiger partial charge in [-0.1, -0.05) is 0 Å². The maximum absolute atomic E-state index is 8.35. The van der Waals surface area contributed by atoms with E-state index in [0.717, 1.165) is 6.08 Å². The first kappa shape index (κ1) is 10.3. The first-order valence-corrected chi connectivity index (χ1v) is 1.97. The van der Waals surface area contributed by atoms with E-state index in [-0.39, 0.29) is 6.61 Å². The topological polar surface area (TPSA) is 70.4 Å². The van der Waals surface area contributed by atoms with Crippen molar-refractivity contribution in [2.45, 2.75) is 0 Å². The number of carbonyl (C=O) groups excluding carboxylic acids is 1. The second-order valence-electron chi connectivity index (χ2n) is 0.818. The first-order valence-electron chi connectivity index (χ1n) is 1.97. The molecule has 0 bridgehead atoms. The van der Waals surface area contributed by atoms with Gasteiger partial charge in [-0.3, -0.25) is 0 Å². The van der Waals surface area contributed by atoms with Gasteiger partial charge in [0.15, 0.2) is 0 Å². The molecule has 8 heavy (non-hydrogen) atoms. The summed E-state index contributed by atoms with van der Waals surface area (Å²) in [6.45, 7) is 0.566. The van der Waals surface area contributed by atoms with Crippen LogP contribution in [0.2, 0.25) is 0 Å². The molecule has 0 fully saturated rings. The average Bonchev–Trinajstić information content (AvgIpc) is 1.71. The van der Waals surface area contributed by atoms with Crippen LogP contribution in [0.1, 0.15) is 0 Å². The molecular weight excluding hydrogens is 110 g/mol. The number of nitrogens with one attached hydrogen (secondary N) is 1. The zero-order chi connectivity index (χ0) is 6.83. The van der Waals surface area contributed by atoms with Crippen molar-refractivity contribution in [1.29, 1.82) is 5.41 Å². The highest BCUT2D eigenvalue weighted by Crippen LogP contribution is 1.56. The molecule has 0 radical (unpaired) electrons. The molecule has 0 aliphatic carbocycles. The molecule has 0 spiro atoms. The molecule has 0 aliphatic heterocycles. The lowest BCUT2D eigenvalue weighted by Gasteiger charge is -1.84. The van der Waals surface area contributed by atoms with E-state index in [1.165, 1.54) is 0 Å². The third-order valence-electron chi connectivity index (χ3n) is 0.295. The molecule has 0 aromatic heterocycles. The Morgan fingerprint density at radius 1 is 1.88 bits per heavy atom. The van der Waals surface area contributed by atoms with E-state index in [1.807, 2.05) is 0 Å². The predicted molar refractivity (Wildman–Crippen MR) is 27.4 cm³/mol. The molecule has 0 atom stereocenters. The van der Waals surface area contributed by atoms with Crippen LogP contribution in [-0.4, -0.2) is 31.5 Å². The van der Waals surface area contributed by atoms with Crippen molar-refractivity contribution in [3.63, 3.8) is 0 Å². The number of isocyanates is 1. The van der Waals surface area contributed by atoms with Gasteiger partial charge < -0.3 is 9.84 Å². The van der Waals surface area contributed by atoms with Gasteiger partial charge >= 0.3 is 0 Å². The lowest BCUT2D eigenvalue weighted by molar-refractivity contribution is 0.135. The average molecular weight is 119 g/mol. The Morgan fingerprint density at radius 2 is 2.25 bits per heavy atom. The Hall–Kier alpha value is -0.700. The Kier molecular flexibility index (Phi) is 21.0. The van der Waals surface area contributed by atoms with Crippen LogP contribution in [0.3, 0.4) is 0 Å². The van der Waals surface area contributed by atoms with E-state index < -0.39 is 0 Å². The number of hydrogen-bond donors (Lipinski definition) is 2. The zero-order valence-electron chi connectivity index (χ0n) is 4.68. The molecule has 0 aromatic rings. The number of rotatable bonds is 2. The van der Waals surface area contributed by atoms with Gasteiger partial charge in [0.05, 0.1) is 13.2 Å². The number of ether oxygens (including phenoxy) is 1. The predicted octanol–water partition coefficient (Wildman–Crippen LogP) is -0.474. The van der Waals surface area contributed by atoms with Crippen molar-refractivity contribution in [2.24, 2.45) is 0 Å². The summed E-state index contributed by atoms with van der Waals surface area (Å²) in [5.41, 5.74) is 0. The van der Waals surface area contributed by atoms with Crippen LogP contribution >= 0.6 is 0 Å². The van der Waals surface area contributed by atoms with Gasteiger partial charge in [-0.2, -0.15) is 0 Å². The number of methoxy groups -OCH3 is 1. The van der Waals surface area contributed by atoms with Crippen LogP contribution in [-0.2, 0) is 9.53 Å². The van der Waals surface area contributed by atoms with Gasteiger partial charge in [-0.25, -0.2) is 10.2 Å². The summed E-state index contributed by atoms with van der Waals surface area (Å²) >= 11 is 0. The van der Waals surface area contributed by atoms with Crippen LogP contribution in [0.25, 0.3) is 0 Å². The molecule has 0 aromatic carbocycles. The number of aliphatic hydroxyl groups excluding tert-OH is 1. The highest BCUT2D eigenvalue weighted by Gasteiger charge is 1.67. The summed E-state index contributed by atoms with van der Waals surface area (Å²) in [6.07, 6.45) is 0.750. The van der Waals surface area contributed by atoms with E-state index >= 15 is 0 Å². The minimum absolute atomic E-state index is 0.122. The van der Waals surface area contributed by atoms with Gasteiger partial charge in [0.2, 0.25) is 6.08 Å². The third-order valence-corrected chi connectivity index (χ3v) is 0.295. The Morgan fingerprint density at radius 3 is 2.25 bits per heavy atom. The Labute approximate surface area is 47.6 Å². The Bertz CT molecular complexity index is 56.3. The molecule has 2 N–H and O–H groups in total. The SMILES string of the molecule is COCCO.N=C=O. The van der Waals surface area contributed by atoms with Crippen molar-refractivity contribution >= 4 is 6.08 Å². The summed E-state index contributed by atoms with van der Waals surface area (Å²) in [6, 6.07) is 0. The standard InChI is InChI=1S/C3H8O2.CHNO/c1-5-3-2-4;2-1-3/h4H,2-3H2,1H3;2H. The summed E-state index contributed by atoms with van der Waals surface area (Å²) in [7, 11) is 1.55. The largest absolute Gasteiger partial charge is 0.394 e. The monoisotopic (exact) mass is 119 g/mol. The molecular formula is C4H9NO3. The smallest absolute Gasteiger partial charge is 0.231 e. The van der Waals surface area contributed by atoms with Gasteiger partial charge in [0.1, 0.15) is 0 Å². The lowest BCUT2D eigenvalue weighted by atomic mass is 10.8. The van der Waals surface area contributed by atoms with Crippen molar-refractivity contribution in [1.82, 2.24) is 0 Å². The van der Waals surface area contributed by atoms with Gasteiger partial charge in [-0.15, -0.1) is 0 Å². The second-order valence-corrected chi connectivity index (χ2v) is 0.818. The Balaban J connectivity index is 0. The zero-order valence-corrected chi connectivity index (χ0v) is 4.68. The van der Waals surface area contributed by atoms with Crippen LogP contribution in [0, 0.1) is 5.41 Å². The minimum atomic E-state index is 0.122. The molecule has 0 aliphatic rings. The first-order chi connectivity index (χ1) is 3.83. The molecule has 0 saturated carbocycles. The van der Waals surface area contributed by atoms with Gasteiger partial charge in [-0.05, 0) is 0 Å². The summed E-state index contributed by atoms with van der Waals surface area (Å²) in [5.74, 6) is 0. The fourth-order valence-corrected chi connectivity index (χ4v) is 0.0913. The van der Waals surface area contributed by atoms with Crippen LogP contribution < -0.4 is 0 Å². The van der Waals surface area contributed by atoms with Crippen LogP contribution in [0.15, 0.2) is 0 Å². The van der Waals surface area contributed by atoms with E-state index in [4.69, 9.17) is 15.3 Å². The molecule has 4 nitrogen and oxygen atoms in total. The molecule has 0 heterocycles. The molecule has 0 saturated heterocycles. The number of hydrogen-bond acceptors (Lipinski definition) is 4. The lowest BCUT2D eigenvalue weighted by Crippen LogP contribution is -1.91. The van der Waals surface area contributed by atoms with E-state index in [2.05, 4.69) is 4.74 Å². The van der Waals surface area contributed by atoms with E-state index in [9.17, 15) is 0 Å². The molecule has 48 valence electrons. The van der Waals surface area contributed by atoms with E-state index in [0.29, 0.717) is 6.61 Å². The van der Waals surface area contributed by atoms with Gasteiger partial charge in [0.25, 0.3) is 0 Å². The van der Waals surface area contributed by atoms with Crippen molar-refractivity contribution in [3.05, 3.63) is 0 Å². The maximum atomic E-state index is 8.35. The second kappa shape index (κ2) is 16.3. The van der Waals surface area contributed by atoms with Crippen molar-refractivity contribution in [3.8, 4) is 0 Å².